The first kappa shape index (κ1) is 11.5. The topological polar surface area (TPSA) is 38.3 Å². The van der Waals surface area contributed by atoms with Crippen molar-refractivity contribution in [1.82, 2.24) is 5.32 Å². The van der Waals surface area contributed by atoms with E-state index in [1.807, 2.05) is 42.5 Å². The van der Waals surface area contributed by atoms with Crippen LogP contribution < -0.4 is 5.32 Å². The Morgan fingerprint density at radius 1 is 1.18 bits per heavy atom. The van der Waals surface area contributed by atoms with Gasteiger partial charge in [-0.2, -0.15) is 0 Å². The van der Waals surface area contributed by atoms with Gasteiger partial charge in [-0.3, -0.25) is 5.32 Å². The maximum Gasteiger partial charge on any atom is 0.412 e. The number of nitrogens with one attached hydrogen (secondary N) is 1. The van der Waals surface area contributed by atoms with Gasteiger partial charge in [-0.15, -0.1) is 0 Å². The molecule has 0 heterocycles. The van der Waals surface area contributed by atoms with E-state index in [9.17, 15) is 4.79 Å². The van der Waals surface area contributed by atoms with E-state index >= 15 is 0 Å². The molecular formula is C13H11NO2S. The molecule has 0 saturated heterocycles. The molecule has 0 aromatic heterocycles. The van der Waals surface area contributed by atoms with Crippen LogP contribution in [-0.4, -0.2) is 18.2 Å². The number of amides is 1. The first-order valence-corrected chi connectivity index (χ1v) is 5.50. The van der Waals surface area contributed by atoms with Gasteiger partial charge in [0.25, 0.3) is 0 Å². The molecule has 86 valence electrons. The molecule has 17 heavy (non-hydrogen) atoms. The zero-order chi connectivity index (χ0) is 12.3. The highest BCUT2D eigenvalue weighted by molar-refractivity contribution is 7.80. The molecule has 0 aliphatic carbocycles. The normalized spacial score (nSPS) is 9.94. The lowest BCUT2D eigenvalue weighted by Gasteiger charge is -2.08. The summed E-state index contributed by atoms with van der Waals surface area (Å²) < 4.78 is 4.52. The van der Waals surface area contributed by atoms with Crippen molar-refractivity contribution in [1.29, 1.82) is 0 Å². The van der Waals surface area contributed by atoms with E-state index in [0.717, 1.165) is 16.3 Å². The van der Waals surface area contributed by atoms with Crippen LogP contribution in [0.1, 0.15) is 5.56 Å². The highest BCUT2D eigenvalue weighted by atomic mass is 32.1. The van der Waals surface area contributed by atoms with Crippen molar-refractivity contribution in [3.05, 3.63) is 48.0 Å². The molecule has 0 atom stereocenters. The van der Waals surface area contributed by atoms with Gasteiger partial charge in [0.15, 0.2) is 0 Å². The minimum atomic E-state index is -0.553. The Balaban J connectivity index is 2.41. The van der Waals surface area contributed by atoms with E-state index in [1.54, 1.807) is 0 Å². The summed E-state index contributed by atoms with van der Waals surface area (Å²) in [5, 5.41) is 4.60. The van der Waals surface area contributed by atoms with Crippen molar-refractivity contribution >= 4 is 34.1 Å². The average Bonchev–Trinajstić information content (AvgIpc) is 2.37. The van der Waals surface area contributed by atoms with Crippen LogP contribution in [0.2, 0.25) is 0 Å². The Labute approximate surface area is 104 Å². The molecule has 0 unspecified atom stereocenters. The average molecular weight is 245 g/mol. The molecule has 1 N–H and O–H groups in total. The number of benzene rings is 2. The molecule has 0 fully saturated rings. The van der Waals surface area contributed by atoms with Gasteiger partial charge >= 0.3 is 6.09 Å². The molecule has 2 rings (SSSR count). The van der Waals surface area contributed by atoms with Crippen LogP contribution in [-0.2, 0) is 4.74 Å². The number of rotatable bonds is 1. The number of hydrogen-bond donors (Lipinski definition) is 1. The van der Waals surface area contributed by atoms with Crippen LogP contribution >= 0.6 is 12.2 Å². The number of ether oxygens (including phenoxy) is 1. The zero-order valence-electron chi connectivity index (χ0n) is 9.27. The van der Waals surface area contributed by atoms with Gasteiger partial charge in [0.1, 0.15) is 4.99 Å². The largest absolute Gasteiger partial charge is 0.453 e. The second-order valence-electron chi connectivity index (χ2n) is 3.47. The molecule has 4 heteroatoms. The lowest BCUT2D eigenvalue weighted by Crippen LogP contribution is -2.29. The number of fused-ring (bicyclic) bond motifs is 1. The van der Waals surface area contributed by atoms with Gasteiger partial charge in [-0.25, -0.2) is 4.79 Å². The summed E-state index contributed by atoms with van der Waals surface area (Å²) in [4.78, 5) is 11.5. The maximum absolute atomic E-state index is 11.1. The summed E-state index contributed by atoms with van der Waals surface area (Å²) in [6.45, 7) is 0. The molecule has 0 saturated carbocycles. The number of carbonyl (C=O) groups is 1. The smallest absolute Gasteiger partial charge is 0.412 e. The minimum Gasteiger partial charge on any atom is -0.453 e. The van der Waals surface area contributed by atoms with Crippen LogP contribution in [0.5, 0.6) is 0 Å². The van der Waals surface area contributed by atoms with Crippen LogP contribution in [0.3, 0.4) is 0 Å². The summed E-state index contributed by atoms with van der Waals surface area (Å²) in [5.41, 5.74) is 0.823. The van der Waals surface area contributed by atoms with Crippen molar-refractivity contribution < 1.29 is 9.53 Å². The van der Waals surface area contributed by atoms with Gasteiger partial charge in [-0.05, 0) is 10.8 Å². The van der Waals surface area contributed by atoms with E-state index in [2.05, 4.69) is 10.1 Å². The summed E-state index contributed by atoms with van der Waals surface area (Å²) in [6.07, 6.45) is -0.553. The summed E-state index contributed by atoms with van der Waals surface area (Å²) >= 11 is 5.18. The Bertz CT molecular complexity index is 575. The highest BCUT2D eigenvalue weighted by Gasteiger charge is 2.08. The van der Waals surface area contributed by atoms with Gasteiger partial charge in [0.05, 0.1) is 7.11 Å². The molecule has 2 aromatic carbocycles. The van der Waals surface area contributed by atoms with E-state index in [-0.39, 0.29) is 0 Å². The number of thiocarbonyl (C=S) groups is 1. The van der Waals surface area contributed by atoms with Crippen LogP contribution in [0.4, 0.5) is 4.79 Å². The van der Waals surface area contributed by atoms with Crippen molar-refractivity contribution in [2.24, 2.45) is 0 Å². The van der Waals surface area contributed by atoms with Crippen molar-refractivity contribution in [3.8, 4) is 0 Å². The molecule has 0 aliphatic heterocycles. The zero-order valence-corrected chi connectivity index (χ0v) is 10.1. The monoisotopic (exact) mass is 245 g/mol. The Morgan fingerprint density at radius 2 is 1.88 bits per heavy atom. The Hall–Kier alpha value is -1.94. The van der Waals surface area contributed by atoms with Gasteiger partial charge in [0.2, 0.25) is 0 Å². The predicted octanol–water partition coefficient (Wildman–Crippen LogP) is 2.87. The third-order valence-corrected chi connectivity index (χ3v) is 2.76. The van der Waals surface area contributed by atoms with Gasteiger partial charge < -0.3 is 4.74 Å². The van der Waals surface area contributed by atoms with Crippen LogP contribution in [0.15, 0.2) is 42.5 Å². The SMILES string of the molecule is COC(=O)NC(=S)c1cccc2ccccc12. The van der Waals surface area contributed by atoms with Gasteiger partial charge in [0, 0.05) is 5.56 Å². The minimum absolute atomic E-state index is 0.369. The lowest BCUT2D eigenvalue weighted by atomic mass is 10.0. The molecule has 0 radical (unpaired) electrons. The fraction of sp³-hybridized carbons (Fsp3) is 0.0769. The van der Waals surface area contributed by atoms with E-state index in [1.165, 1.54) is 7.11 Å². The second-order valence-corrected chi connectivity index (χ2v) is 3.88. The fourth-order valence-electron chi connectivity index (χ4n) is 1.63. The van der Waals surface area contributed by atoms with Gasteiger partial charge in [-0.1, -0.05) is 54.7 Å². The number of carbonyl (C=O) groups excluding carboxylic acids is 1. The summed E-state index contributed by atoms with van der Waals surface area (Å²) in [7, 11) is 1.31. The quantitative estimate of drug-likeness (QED) is 0.785. The number of alkyl carbamates (subject to hydrolysis) is 1. The first-order valence-electron chi connectivity index (χ1n) is 5.09. The van der Waals surface area contributed by atoms with Crippen LogP contribution in [0.25, 0.3) is 10.8 Å². The van der Waals surface area contributed by atoms with E-state index < -0.39 is 6.09 Å². The molecule has 0 bridgehead atoms. The summed E-state index contributed by atoms with van der Waals surface area (Å²) in [5.74, 6) is 0. The number of methoxy groups -OCH3 is 1. The van der Waals surface area contributed by atoms with E-state index in [4.69, 9.17) is 12.2 Å². The third kappa shape index (κ3) is 2.42. The van der Waals surface area contributed by atoms with E-state index in [0.29, 0.717) is 4.99 Å². The Kier molecular flexibility index (Phi) is 3.35. The second kappa shape index (κ2) is 4.93. The third-order valence-electron chi connectivity index (χ3n) is 2.44. The van der Waals surface area contributed by atoms with Crippen LogP contribution in [0, 0.1) is 0 Å². The highest BCUT2D eigenvalue weighted by Crippen LogP contribution is 2.18. The first-order chi connectivity index (χ1) is 8.22. The molecular weight excluding hydrogens is 234 g/mol. The lowest BCUT2D eigenvalue weighted by molar-refractivity contribution is 0.177. The Morgan fingerprint density at radius 3 is 2.65 bits per heavy atom. The van der Waals surface area contributed by atoms with Crippen molar-refractivity contribution in [2.45, 2.75) is 0 Å². The standard InChI is InChI=1S/C13H11NO2S/c1-16-13(15)14-12(17)11-8-4-6-9-5-2-3-7-10(9)11/h2-8H,1H3,(H,14,15,17). The van der Waals surface area contributed by atoms with Crippen molar-refractivity contribution in [2.75, 3.05) is 7.11 Å². The number of hydrogen-bond acceptors (Lipinski definition) is 3. The predicted molar refractivity (Wildman–Crippen MR) is 71.2 cm³/mol. The molecule has 0 aliphatic rings. The molecule has 0 spiro atoms. The van der Waals surface area contributed by atoms with Crippen molar-refractivity contribution in [3.63, 3.8) is 0 Å². The molecule has 1 amide bonds. The molecule has 2 aromatic rings. The maximum atomic E-state index is 11.1. The molecule has 3 nitrogen and oxygen atoms in total. The fourth-order valence-corrected chi connectivity index (χ4v) is 1.90. The summed E-state index contributed by atoms with van der Waals surface area (Å²) in [6, 6.07) is 13.6.